The number of hydrogen-bond acceptors (Lipinski definition) is 7. The van der Waals surface area contributed by atoms with Crippen molar-refractivity contribution in [3.8, 4) is 0 Å². The summed E-state index contributed by atoms with van der Waals surface area (Å²) in [4.78, 5) is 34.6. The molecule has 0 saturated carbocycles. The largest absolute Gasteiger partial charge is 0.321 e. The molecule has 1 aliphatic rings. The molecule has 1 unspecified atom stereocenters. The minimum atomic E-state index is -0.415. The van der Waals surface area contributed by atoms with Gasteiger partial charge in [0, 0.05) is 18.5 Å². The molecule has 0 bridgehead atoms. The average Bonchev–Trinajstić information content (AvgIpc) is 3.29. The lowest BCUT2D eigenvalue weighted by molar-refractivity contribution is -0.116. The SMILES string of the molecule is CC1C(=NC(=O)CSc2nnc3c4ccccc4n(C(C)C)c3n2)C(=O)N(c2ccccc2)N1C. The van der Waals surface area contributed by atoms with E-state index in [1.807, 2.05) is 61.5 Å². The Kier molecular flexibility index (Phi) is 6.08. The van der Waals surface area contributed by atoms with Crippen molar-refractivity contribution in [1.29, 1.82) is 0 Å². The summed E-state index contributed by atoms with van der Waals surface area (Å²) in [6.07, 6.45) is 0. The standard InChI is InChI=1S/C25H25N7O2S/c1-15(2)31-19-13-9-8-12-18(19)22-23(31)27-25(29-28-22)35-14-20(33)26-21-16(3)30(4)32(24(21)34)17-10-6-5-7-11-17/h5-13,15-16H,14H2,1-4H3. The quantitative estimate of drug-likeness (QED) is 0.394. The number of anilines is 1. The van der Waals surface area contributed by atoms with Crippen LogP contribution in [0.1, 0.15) is 26.8 Å². The first kappa shape index (κ1) is 23.1. The van der Waals surface area contributed by atoms with Gasteiger partial charge in [0.25, 0.3) is 11.8 Å². The molecule has 0 spiro atoms. The van der Waals surface area contributed by atoms with E-state index in [9.17, 15) is 9.59 Å². The number of carbonyl (C=O) groups is 2. The van der Waals surface area contributed by atoms with Gasteiger partial charge >= 0.3 is 0 Å². The number of rotatable bonds is 5. The molecule has 0 N–H and O–H groups in total. The first-order valence-corrected chi connectivity index (χ1v) is 12.3. The molecule has 2 amide bonds. The van der Waals surface area contributed by atoms with E-state index in [2.05, 4.69) is 33.6 Å². The molecule has 35 heavy (non-hydrogen) atoms. The molecule has 0 radical (unpaired) electrons. The van der Waals surface area contributed by atoms with Gasteiger partial charge in [0.05, 0.1) is 23.0 Å². The van der Waals surface area contributed by atoms with E-state index in [0.717, 1.165) is 39.5 Å². The van der Waals surface area contributed by atoms with Crippen LogP contribution in [0.2, 0.25) is 0 Å². The first-order chi connectivity index (χ1) is 16.9. The number of aliphatic imine (C=N–C) groups is 1. The van der Waals surface area contributed by atoms with Crippen molar-refractivity contribution >= 4 is 57.0 Å². The monoisotopic (exact) mass is 487 g/mol. The van der Waals surface area contributed by atoms with Gasteiger partial charge in [-0.25, -0.2) is 20.0 Å². The Morgan fingerprint density at radius 3 is 2.54 bits per heavy atom. The molecule has 10 heteroatoms. The molecule has 1 fully saturated rings. The molecule has 2 aromatic carbocycles. The summed E-state index contributed by atoms with van der Waals surface area (Å²) in [6, 6.07) is 17.2. The van der Waals surface area contributed by atoms with Gasteiger partial charge in [-0.05, 0) is 39.0 Å². The summed E-state index contributed by atoms with van der Waals surface area (Å²) in [7, 11) is 1.81. The Labute approximate surface area is 206 Å². The molecule has 178 valence electrons. The highest BCUT2D eigenvalue weighted by Gasteiger charge is 2.40. The highest BCUT2D eigenvalue weighted by molar-refractivity contribution is 7.99. The van der Waals surface area contributed by atoms with E-state index >= 15 is 0 Å². The Balaban J connectivity index is 1.37. The number of amides is 2. The minimum Gasteiger partial charge on any atom is -0.321 e. The molecule has 1 saturated heterocycles. The van der Waals surface area contributed by atoms with Crippen molar-refractivity contribution in [1.82, 2.24) is 24.8 Å². The van der Waals surface area contributed by atoms with Crippen LogP contribution in [0.5, 0.6) is 0 Å². The zero-order chi connectivity index (χ0) is 24.7. The lowest BCUT2D eigenvalue weighted by Gasteiger charge is -2.25. The molecule has 9 nitrogen and oxygen atoms in total. The second-order valence-electron chi connectivity index (χ2n) is 8.63. The number of benzene rings is 2. The third-order valence-electron chi connectivity index (χ3n) is 6.07. The summed E-state index contributed by atoms with van der Waals surface area (Å²) < 4.78 is 2.12. The summed E-state index contributed by atoms with van der Waals surface area (Å²) in [5, 5.41) is 13.3. The number of hydrazine groups is 1. The Hall–Kier alpha value is -3.63. The Morgan fingerprint density at radius 2 is 1.80 bits per heavy atom. The number of carbonyl (C=O) groups excluding carboxylic acids is 2. The fourth-order valence-corrected chi connectivity index (χ4v) is 4.88. The number of para-hydroxylation sites is 2. The van der Waals surface area contributed by atoms with Gasteiger partial charge in [-0.15, -0.1) is 10.2 Å². The van der Waals surface area contributed by atoms with Gasteiger partial charge in [0.1, 0.15) is 11.2 Å². The van der Waals surface area contributed by atoms with Crippen molar-refractivity contribution < 1.29 is 9.59 Å². The van der Waals surface area contributed by atoms with Crippen LogP contribution in [-0.2, 0) is 9.59 Å². The van der Waals surface area contributed by atoms with E-state index in [1.54, 1.807) is 12.1 Å². The van der Waals surface area contributed by atoms with Gasteiger partial charge in [-0.3, -0.25) is 9.59 Å². The molecule has 4 aromatic rings. The van der Waals surface area contributed by atoms with Gasteiger partial charge < -0.3 is 4.57 Å². The van der Waals surface area contributed by atoms with Gasteiger partial charge in [-0.1, -0.05) is 48.2 Å². The summed E-state index contributed by atoms with van der Waals surface area (Å²) >= 11 is 1.16. The molecular formula is C25H25N7O2S. The zero-order valence-corrected chi connectivity index (χ0v) is 20.7. The van der Waals surface area contributed by atoms with Crippen molar-refractivity contribution in [3.05, 3.63) is 54.6 Å². The van der Waals surface area contributed by atoms with E-state index in [4.69, 9.17) is 4.98 Å². The van der Waals surface area contributed by atoms with Crippen LogP contribution >= 0.6 is 11.8 Å². The van der Waals surface area contributed by atoms with Crippen molar-refractivity contribution in [2.24, 2.45) is 4.99 Å². The Morgan fingerprint density at radius 1 is 1.09 bits per heavy atom. The maximum atomic E-state index is 13.0. The van der Waals surface area contributed by atoms with Crippen LogP contribution in [0.15, 0.2) is 64.7 Å². The highest BCUT2D eigenvalue weighted by Crippen LogP contribution is 2.30. The minimum absolute atomic E-state index is 0.00758. The van der Waals surface area contributed by atoms with Crippen molar-refractivity contribution in [2.75, 3.05) is 17.8 Å². The molecule has 0 aliphatic carbocycles. The van der Waals surface area contributed by atoms with Crippen LogP contribution < -0.4 is 5.01 Å². The number of nitrogens with zero attached hydrogens (tertiary/aromatic N) is 7. The highest BCUT2D eigenvalue weighted by atomic mass is 32.2. The zero-order valence-electron chi connectivity index (χ0n) is 19.9. The molecule has 1 atom stereocenters. The third-order valence-corrected chi connectivity index (χ3v) is 6.89. The van der Waals surface area contributed by atoms with Crippen LogP contribution in [0, 0.1) is 0 Å². The maximum Gasteiger partial charge on any atom is 0.289 e. The second-order valence-corrected chi connectivity index (χ2v) is 9.57. The number of aromatic nitrogens is 4. The van der Waals surface area contributed by atoms with E-state index in [1.165, 1.54) is 5.01 Å². The number of hydrogen-bond donors (Lipinski definition) is 0. The van der Waals surface area contributed by atoms with E-state index in [0.29, 0.717) is 5.16 Å². The average molecular weight is 488 g/mol. The molecule has 5 rings (SSSR count). The van der Waals surface area contributed by atoms with Crippen LogP contribution in [0.4, 0.5) is 5.69 Å². The fraction of sp³-hybridized carbons (Fsp3) is 0.280. The number of thioether (sulfide) groups is 1. The van der Waals surface area contributed by atoms with Crippen LogP contribution in [0.3, 0.4) is 0 Å². The summed E-state index contributed by atoms with van der Waals surface area (Å²) in [5.74, 6) is -0.708. The topological polar surface area (TPSA) is 96.6 Å². The smallest absolute Gasteiger partial charge is 0.289 e. The predicted molar refractivity (Wildman–Crippen MR) is 138 cm³/mol. The summed E-state index contributed by atoms with van der Waals surface area (Å²) in [5.41, 5.74) is 3.46. The van der Waals surface area contributed by atoms with Crippen LogP contribution in [0.25, 0.3) is 22.1 Å². The lowest BCUT2D eigenvalue weighted by atomic mass is 10.2. The van der Waals surface area contributed by atoms with Gasteiger partial charge in [0.15, 0.2) is 5.65 Å². The second kappa shape index (κ2) is 9.20. The third kappa shape index (κ3) is 4.08. The number of fused-ring (bicyclic) bond motifs is 3. The lowest BCUT2D eigenvalue weighted by Crippen LogP contribution is -2.38. The van der Waals surface area contributed by atoms with Crippen molar-refractivity contribution in [3.63, 3.8) is 0 Å². The first-order valence-electron chi connectivity index (χ1n) is 11.4. The van der Waals surface area contributed by atoms with Gasteiger partial charge in [-0.2, -0.15) is 0 Å². The van der Waals surface area contributed by atoms with Crippen LogP contribution in [-0.4, -0.2) is 61.1 Å². The fourth-order valence-electron chi connectivity index (χ4n) is 4.31. The molecule has 1 aliphatic heterocycles. The summed E-state index contributed by atoms with van der Waals surface area (Å²) in [6.45, 7) is 6.04. The van der Waals surface area contributed by atoms with Crippen molar-refractivity contribution in [2.45, 2.75) is 38.0 Å². The van der Waals surface area contributed by atoms with E-state index in [-0.39, 0.29) is 29.5 Å². The Bertz CT molecular complexity index is 1460. The predicted octanol–water partition coefficient (Wildman–Crippen LogP) is 3.90. The maximum absolute atomic E-state index is 13.0. The normalized spacial score (nSPS) is 18.0. The molecule has 3 heterocycles. The molecule has 2 aromatic heterocycles. The van der Waals surface area contributed by atoms with E-state index < -0.39 is 5.91 Å². The van der Waals surface area contributed by atoms with Gasteiger partial charge in [0.2, 0.25) is 5.16 Å². The molecular weight excluding hydrogens is 462 g/mol.